The molecule has 0 aliphatic heterocycles. The van der Waals surface area contributed by atoms with E-state index >= 15 is 0 Å². The van der Waals surface area contributed by atoms with Crippen molar-refractivity contribution >= 4 is 23.2 Å². The Morgan fingerprint density at radius 1 is 1.55 bits per heavy atom. The second-order valence-corrected chi connectivity index (χ2v) is 5.15. The van der Waals surface area contributed by atoms with Crippen molar-refractivity contribution in [1.82, 2.24) is 14.9 Å². The third-order valence-electron chi connectivity index (χ3n) is 2.93. The Morgan fingerprint density at radius 3 is 2.95 bits per heavy atom. The van der Waals surface area contributed by atoms with Crippen LogP contribution in [0.5, 0.6) is 0 Å². The molecule has 0 aromatic carbocycles. The number of hydrogen-bond acceptors (Lipinski definition) is 4. The fraction of sp³-hybridized carbons (Fsp3) is 0.308. The summed E-state index contributed by atoms with van der Waals surface area (Å²) in [7, 11) is 0. The minimum atomic E-state index is -1.09. The van der Waals surface area contributed by atoms with Crippen LogP contribution in [0.15, 0.2) is 23.8 Å². The molecule has 0 saturated heterocycles. The van der Waals surface area contributed by atoms with Crippen LogP contribution in [0.4, 0.5) is 0 Å². The number of carboxylic acid groups (broad SMARTS) is 1. The number of thiophene rings is 1. The highest BCUT2D eigenvalue weighted by Crippen LogP contribution is 2.18. The van der Waals surface area contributed by atoms with Crippen molar-refractivity contribution in [3.8, 4) is 0 Å². The molecule has 7 heteroatoms. The Hall–Kier alpha value is -2.15. The SMILES string of the molecule is CCn1ccnc1C(C)NC(=O)c1ccsc1C(=O)O. The monoisotopic (exact) mass is 293 g/mol. The molecule has 0 saturated carbocycles. The molecule has 106 valence electrons. The Bertz CT molecular complexity index is 632. The molecule has 0 aliphatic rings. The summed E-state index contributed by atoms with van der Waals surface area (Å²) in [4.78, 5) is 27.4. The Balaban J connectivity index is 2.15. The molecule has 1 amide bonds. The van der Waals surface area contributed by atoms with E-state index in [0.717, 1.165) is 23.7 Å². The molecule has 1 unspecified atom stereocenters. The molecule has 1 atom stereocenters. The molecule has 0 radical (unpaired) electrons. The van der Waals surface area contributed by atoms with Gasteiger partial charge in [0.15, 0.2) is 0 Å². The van der Waals surface area contributed by atoms with Gasteiger partial charge in [-0.2, -0.15) is 0 Å². The molecule has 2 rings (SSSR count). The number of aryl methyl sites for hydroxylation is 1. The summed E-state index contributed by atoms with van der Waals surface area (Å²) in [6.07, 6.45) is 3.51. The van der Waals surface area contributed by atoms with Crippen LogP contribution in [-0.4, -0.2) is 26.5 Å². The van der Waals surface area contributed by atoms with Crippen molar-refractivity contribution in [3.05, 3.63) is 40.1 Å². The summed E-state index contributed by atoms with van der Waals surface area (Å²) < 4.78 is 1.93. The van der Waals surface area contributed by atoms with Crippen molar-refractivity contribution in [3.63, 3.8) is 0 Å². The zero-order valence-corrected chi connectivity index (χ0v) is 12.0. The number of nitrogens with one attached hydrogen (secondary N) is 1. The van der Waals surface area contributed by atoms with Crippen LogP contribution in [-0.2, 0) is 6.54 Å². The zero-order valence-electron chi connectivity index (χ0n) is 11.2. The molecule has 0 aliphatic carbocycles. The highest BCUT2D eigenvalue weighted by molar-refractivity contribution is 7.12. The van der Waals surface area contributed by atoms with Crippen LogP contribution in [0.1, 0.15) is 45.7 Å². The van der Waals surface area contributed by atoms with Gasteiger partial charge in [0, 0.05) is 18.9 Å². The first-order valence-electron chi connectivity index (χ1n) is 6.17. The molecular weight excluding hydrogens is 278 g/mol. The van der Waals surface area contributed by atoms with E-state index in [4.69, 9.17) is 5.11 Å². The van der Waals surface area contributed by atoms with Crippen LogP contribution in [0.3, 0.4) is 0 Å². The highest BCUT2D eigenvalue weighted by Gasteiger charge is 2.21. The standard InChI is InChI=1S/C13H15N3O3S/c1-3-16-6-5-14-11(16)8(2)15-12(17)9-4-7-20-10(9)13(18)19/h4-8H,3H2,1-2H3,(H,15,17)(H,18,19). The van der Waals surface area contributed by atoms with Crippen molar-refractivity contribution in [2.75, 3.05) is 0 Å². The molecular formula is C13H15N3O3S. The molecule has 0 bridgehead atoms. The maximum atomic E-state index is 12.1. The number of amides is 1. The lowest BCUT2D eigenvalue weighted by atomic mass is 10.2. The molecule has 0 fully saturated rings. The van der Waals surface area contributed by atoms with Gasteiger partial charge in [-0.25, -0.2) is 9.78 Å². The topological polar surface area (TPSA) is 84.2 Å². The van der Waals surface area contributed by atoms with Crippen molar-refractivity contribution in [2.24, 2.45) is 0 Å². The van der Waals surface area contributed by atoms with Gasteiger partial charge in [-0.1, -0.05) is 0 Å². The smallest absolute Gasteiger partial charge is 0.346 e. The van der Waals surface area contributed by atoms with E-state index in [1.807, 2.05) is 24.6 Å². The number of aromatic carboxylic acids is 1. The maximum absolute atomic E-state index is 12.1. The summed E-state index contributed by atoms with van der Waals surface area (Å²) in [6.45, 7) is 4.56. The van der Waals surface area contributed by atoms with Crippen molar-refractivity contribution in [1.29, 1.82) is 0 Å². The van der Waals surface area contributed by atoms with Gasteiger partial charge >= 0.3 is 5.97 Å². The third kappa shape index (κ3) is 2.72. The van der Waals surface area contributed by atoms with Gasteiger partial charge < -0.3 is 15.0 Å². The number of carbonyl (C=O) groups is 2. The molecule has 20 heavy (non-hydrogen) atoms. The van der Waals surface area contributed by atoms with Crippen LogP contribution >= 0.6 is 11.3 Å². The molecule has 2 aromatic heterocycles. The molecule has 2 N–H and O–H groups in total. The average Bonchev–Trinajstić information content (AvgIpc) is 3.07. The largest absolute Gasteiger partial charge is 0.477 e. The van der Waals surface area contributed by atoms with Gasteiger partial charge in [-0.3, -0.25) is 4.79 Å². The maximum Gasteiger partial charge on any atom is 0.346 e. The number of nitrogens with zero attached hydrogens (tertiary/aromatic N) is 2. The second kappa shape index (κ2) is 5.87. The first-order chi connectivity index (χ1) is 9.54. The van der Waals surface area contributed by atoms with Gasteiger partial charge in [0.1, 0.15) is 10.7 Å². The summed E-state index contributed by atoms with van der Waals surface area (Å²) in [5.41, 5.74) is 0.184. The van der Waals surface area contributed by atoms with Gasteiger partial charge in [-0.15, -0.1) is 11.3 Å². The number of rotatable bonds is 5. The van der Waals surface area contributed by atoms with Gasteiger partial charge in [0.05, 0.1) is 11.6 Å². The number of hydrogen-bond donors (Lipinski definition) is 2. The predicted molar refractivity (Wildman–Crippen MR) is 75.1 cm³/mol. The highest BCUT2D eigenvalue weighted by atomic mass is 32.1. The fourth-order valence-electron chi connectivity index (χ4n) is 1.96. The lowest BCUT2D eigenvalue weighted by Crippen LogP contribution is -2.29. The van der Waals surface area contributed by atoms with Gasteiger partial charge in [0.2, 0.25) is 0 Å². The quantitative estimate of drug-likeness (QED) is 0.884. The fourth-order valence-corrected chi connectivity index (χ4v) is 2.69. The first kappa shape index (κ1) is 14.3. The van der Waals surface area contributed by atoms with Crippen LogP contribution in [0.2, 0.25) is 0 Å². The van der Waals surface area contributed by atoms with E-state index in [9.17, 15) is 9.59 Å². The van der Waals surface area contributed by atoms with Crippen LogP contribution < -0.4 is 5.32 Å². The summed E-state index contributed by atoms with van der Waals surface area (Å²) >= 11 is 1.04. The summed E-state index contributed by atoms with van der Waals surface area (Å²) in [5, 5.41) is 13.4. The van der Waals surface area contributed by atoms with Crippen LogP contribution in [0, 0.1) is 0 Å². The van der Waals surface area contributed by atoms with E-state index in [1.54, 1.807) is 11.6 Å². The molecule has 0 spiro atoms. The normalized spacial score (nSPS) is 12.1. The van der Waals surface area contributed by atoms with Crippen molar-refractivity contribution in [2.45, 2.75) is 26.4 Å². The number of aromatic nitrogens is 2. The van der Waals surface area contributed by atoms with Gasteiger partial charge in [0.25, 0.3) is 5.91 Å². The Kier molecular flexibility index (Phi) is 4.19. The van der Waals surface area contributed by atoms with E-state index in [-0.39, 0.29) is 16.5 Å². The minimum absolute atomic E-state index is 0.0496. The lowest BCUT2D eigenvalue weighted by Gasteiger charge is -2.14. The average molecular weight is 293 g/mol. The van der Waals surface area contributed by atoms with E-state index < -0.39 is 11.9 Å². The first-order valence-corrected chi connectivity index (χ1v) is 7.05. The Morgan fingerprint density at radius 2 is 2.30 bits per heavy atom. The van der Waals surface area contributed by atoms with Crippen LogP contribution in [0.25, 0.3) is 0 Å². The summed E-state index contributed by atoms with van der Waals surface area (Å²) in [6, 6.07) is 1.22. The van der Waals surface area contributed by atoms with E-state index in [1.165, 1.54) is 6.07 Å². The molecule has 2 heterocycles. The number of carbonyl (C=O) groups excluding carboxylic acids is 1. The third-order valence-corrected chi connectivity index (χ3v) is 3.83. The Labute approximate surface area is 120 Å². The number of imidazole rings is 1. The van der Waals surface area contributed by atoms with E-state index in [0.29, 0.717) is 0 Å². The summed E-state index contributed by atoms with van der Waals surface area (Å²) in [5.74, 6) is -0.748. The van der Waals surface area contributed by atoms with Gasteiger partial charge in [-0.05, 0) is 25.3 Å². The predicted octanol–water partition coefficient (Wildman–Crippen LogP) is 2.15. The van der Waals surface area contributed by atoms with E-state index in [2.05, 4.69) is 10.3 Å². The molecule has 6 nitrogen and oxygen atoms in total. The molecule has 2 aromatic rings. The second-order valence-electron chi connectivity index (χ2n) is 4.24. The zero-order chi connectivity index (χ0) is 14.7. The number of carboxylic acids is 1. The lowest BCUT2D eigenvalue weighted by molar-refractivity contribution is 0.0696. The van der Waals surface area contributed by atoms with Crippen molar-refractivity contribution < 1.29 is 14.7 Å². The minimum Gasteiger partial charge on any atom is -0.477 e.